The van der Waals surface area contributed by atoms with E-state index in [2.05, 4.69) is 21.3 Å². The Balaban J connectivity index is 2.25. The number of nitrogens with zero attached hydrogens (tertiary/aromatic N) is 2. The van der Waals surface area contributed by atoms with Gasteiger partial charge in [0.2, 0.25) is 29.5 Å². The van der Waals surface area contributed by atoms with Crippen LogP contribution in [0, 0.1) is 11.3 Å². The van der Waals surface area contributed by atoms with Crippen molar-refractivity contribution in [1.29, 1.82) is 5.41 Å². The Morgan fingerprint density at radius 2 is 1.32 bits per heavy atom. The molecule has 2 saturated heterocycles. The molecule has 18 heteroatoms. The number of carbonyl (C=O) groups is 6. The van der Waals surface area contributed by atoms with Crippen LogP contribution in [-0.4, -0.2) is 135 Å². The molecule has 5 amide bonds. The molecule has 8 atom stereocenters. The lowest BCUT2D eigenvalue weighted by atomic mass is 10.0. The van der Waals surface area contributed by atoms with Crippen LogP contribution < -0.4 is 32.7 Å². The first-order valence-corrected chi connectivity index (χ1v) is 15.9. The summed E-state index contributed by atoms with van der Waals surface area (Å²) in [4.78, 5) is 80.5. The number of hydrogen-bond acceptors (Lipinski definition) is 10. The maximum atomic E-state index is 13.6. The molecule has 0 aromatic heterocycles. The second-order valence-electron chi connectivity index (χ2n) is 12.5. The average Bonchev–Trinajstić information content (AvgIpc) is 3.69. The average molecular weight is 670 g/mol. The lowest BCUT2D eigenvalue weighted by Gasteiger charge is -2.32. The predicted octanol–water partition coefficient (Wildman–Crippen LogP) is -3.48. The van der Waals surface area contributed by atoms with Crippen molar-refractivity contribution >= 4 is 41.5 Å². The van der Waals surface area contributed by atoms with Gasteiger partial charge in [-0.3, -0.25) is 29.4 Å². The standard InChI is InChI=1S/C29H51N9O9/c1-14(2)20(30)25(43)36-22(16(4)40)26(44)37-12-6-9-18(37)24(42)34-17(8-5-11-33-29(31)32)23(41)35-21(15(3)39)27(45)38-13-7-10-19(38)28(46)47/h14-22,39-40H,5-13,30H2,1-4H3,(H,34,42)(H,35,41)(H,36,43)(H,46,47)(H4,31,32,33). The zero-order chi connectivity index (χ0) is 35.6. The first-order chi connectivity index (χ1) is 22.0. The molecule has 0 saturated carbocycles. The smallest absolute Gasteiger partial charge is 0.326 e. The minimum atomic E-state index is -1.51. The molecule has 0 aromatic rings. The Morgan fingerprint density at radius 1 is 0.830 bits per heavy atom. The number of amides is 5. The van der Waals surface area contributed by atoms with E-state index in [-0.39, 0.29) is 57.2 Å². The van der Waals surface area contributed by atoms with Gasteiger partial charge in [-0.2, -0.15) is 0 Å². The maximum Gasteiger partial charge on any atom is 0.326 e. The summed E-state index contributed by atoms with van der Waals surface area (Å²) >= 11 is 0. The fourth-order valence-electron chi connectivity index (χ4n) is 5.60. The van der Waals surface area contributed by atoms with Crippen molar-refractivity contribution in [2.75, 3.05) is 19.6 Å². The molecular formula is C29H51N9O9. The van der Waals surface area contributed by atoms with Crippen molar-refractivity contribution in [3.05, 3.63) is 0 Å². The zero-order valence-corrected chi connectivity index (χ0v) is 27.4. The van der Waals surface area contributed by atoms with E-state index in [1.54, 1.807) is 13.8 Å². The topological polar surface area (TPSA) is 294 Å². The third-order valence-corrected chi connectivity index (χ3v) is 8.39. The summed E-state index contributed by atoms with van der Waals surface area (Å²) in [6.45, 7) is 6.50. The number of guanidine groups is 1. The summed E-state index contributed by atoms with van der Waals surface area (Å²) in [7, 11) is 0. The van der Waals surface area contributed by atoms with Crippen LogP contribution in [-0.2, 0) is 28.8 Å². The summed E-state index contributed by atoms with van der Waals surface area (Å²) in [5.74, 6) is -5.40. The third-order valence-electron chi connectivity index (χ3n) is 8.39. The molecule has 0 aromatic carbocycles. The van der Waals surface area contributed by atoms with Crippen molar-refractivity contribution in [2.24, 2.45) is 17.4 Å². The molecule has 2 fully saturated rings. The lowest BCUT2D eigenvalue weighted by Crippen LogP contribution is -2.61. The summed E-state index contributed by atoms with van der Waals surface area (Å²) in [6.07, 6.45) is -1.17. The van der Waals surface area contributed by atoms with Gasteiger partial charge in [-0.1, -0.05) is 13.8 Å². The molecule has 18 nitrogen and oxygen atoms in total. The van der Waals surface area contributed by atoms with Crippen LogP contribution >= 0.6 is 0 Å². The van der Waals surface area contributed by atoms with Crippen molar-refractivity contribution in [3.8, 4) is 0 Å². The van der Waals surface area contributed by atoms with Crippen molar-refractivity contribution in [2.45, 2.75) is 115 Å². The number of carbonyl (C=O) groups excluding carboxylic acids is 5. The fraction of sp³-hybridized carbons (Fsp3) is 0.759. The van der Waals surface area contributed by atoms with Crippen LogP contribution in [0.15, 0.2) is 0 Å². The van der Waals surface area contributed by atoms with Crippen molar-refractivity contribution in [1.82, 2.24) is 31.1 Å². The van der Waals surface area contributed by atoms with Crippen LogP contribution in [0.1, 0.15) is 66.2 Å². The molecule has 266 valence electrons. The molecule has 12 N–H and O–H groups in total. The first-order valence-electron chi connectivity index (χ1n) is 15.9. The van der Waals surface area contributed by atoms with Gasteiger partial charge in [-0.05, 0) is 58.3 Å². The van der Waals surface area contributed by atoms with Crippen LogP contribution in [0.5, 0.6) is 0 Å². The number of likely N-dealkylation sites (tertiary alicyclic amines) is 2. The minimum absolute atomic E-state index is 0.000151. The molecule has 8 unspecified atom stereocenters. The highest BCUT2D eigenvalue weighted by atomic mass is 16.4. The monoisotopic (exact) mass is 669 g/mol. The van der Waals surface area contributed by atoms with E-state index >= 15 is 0 Å². The van der Waals surface area contributed by atoms with E-state index in [1.165, 1.54) is 18.7 Å². The normalized spacial score (nSPS) is 21.6. The van der Waals surface area contributed by atoms with Gasteiger partial charge in [0.05, 0.1) is 18.2 Å². The van der Waals surface area contributed by atoms with E-state index in [9.17, 15) is 44.1 Å². The molecule has 0 radical (unpaired) electrons. The molecule has 2 rings (SSSR count). The number of carboxylic acid groups (broad SMARTS) is 1. The summed E-state index contributed by atoms with van der Waals surface area (Å²) in [5.41, 5.74) is 11.2. The van der Waals surface area contributed by atoms with Crippen LogP contribution in [0.4, 0.5) is 0 Å². The molecule has 0 aliphatic carbocycles. The number of rotatable bonds is 16. The Morgan fingerprint density at radius 3 is 1.79 bits per heavy atom. The lowest BCUT2D eigenvalue weighted by molar-refractivity contribution is -0.150. The summed E-state index contributed by atoms with van der Waals surface area (Å²) in [5, 5.41) is 47.7. The zero-order valence-electron chi connectivity index (χ0n) is 27.4. The van der Waals surface area contributed by atoms with Gasteiger partial charge in [0.25, 0.3) is 0 Å². The fourth-order valence-corrected chi connectivity index (χ4v) is 5.60. The van der Waals surface area contributed by atoms with E-state index in [4.69, 9.17) is 16.9 Å². The SMILES string of the molecule is CC(C)C(N)C(=O)NC(C(=O)N1CCCC1C(=O)NC(CCCNC(=N)N)C(=O)NC(C(=O)N1CCCC1C(=O)O)C(C)O)C(C)O. The van der Waals surface area contributed by atoms with Gasteiger partial charge in [-0.25, -0.2) is 4.79 Å². The third kappa shape index (κ3) is 10.8. The van der Waals surface area contributed by atoms with E-state index < -0.39 is 84.0 Å². The summed E-state index contributed by atoms with van der Waals surface area (Å²) in [6, 6.07) is -7.24. The largest absolute Gasteiger partial charge is 0.480 e. The number of nitrogens with one attached hydrogen (secondary N) is 5. The van der Waals surface area contributed by atoms with Gasteiger partial charge in [0.15, 0.2) is 5.96 Å². The van der Waals surface area contributed by atoms with E-state index in [0.29, 0.717) is 12.8 Å². The highest BCUT2D eigenvalue weighted by Gasteiger charge is 2.42. The van der Waals surface area contributed by atoms with Crippen molar-refractivity contribution in [3.63, 3.8) is 0 Å². The molecule has 0 spiro atoms. The van der Waals surface area contributed by atoms with Gasteiger partial charge in [-0.15, -0.1) is 0 Å². The molecule has 47 heavy (non-hydrogen) atoms. The van der Waals surface area contributed by atoms with E-state index in [1.807, 2.05) is 0 Å². The highest BCUT2D eigenvalue weighted by Crippen LogP contribution is 2.21. The van der Waals surface area contributed by atoms with Gasteiger partial charge >= 0.3 is 5.97 Å². The Kier molecular flexibility index (Phi) is 14.8. The van der Waals surface area contributed by atoms with E-state index in [0.717, 1.165) is 4.90 Å². The van der Waals surface area contributed by atoms with Gasteiger partial charge < -0.3 is 57.9 Å². The van der Waals surface area contributed by atoms with Crippen molar-refractivity contribution < 1.29 is 44.1 Å². The van der Waals surface area contributed by atoms with Gasteiger partial charge in [0, 0.05) is 19.6 Å². The number of carboxylic acids is 1. The van der Waals surface area contributed by atoms with Crippen LogP contribution in [0.2, 0.25) is 0 Å². The highest BCUT2D eigenvalue weighted by molar-refractivity contribution is 5.97. The maximum absolute atomic E-state index is 13.6. The number of hydrogen-bond donors (Lipinski definition) is 10. The number of aliphatic hydroxyl groups excluding tert-OH is 2. The molecule has 0 bridgehead atoms. The molecule has 2 heterocycles. The summed E-state index contributed by atoms with van der Waals surface area (Å²) < 4.78 is 0. The van der Waals surface area contributed by atoms with Gasteiger partial charge in [0.1, 0.15) is 30.2 Å². The Labute approximate surface area is 273 Å². The Bertz CT molecular complexity index is 1170. The second kappa shape index (κ2) is 17.8. The minimum Gasteiger partial charge on any atom is -0.480 e. The van der Waals surface area contributed by atoms with Crippen LogP contribution in [0.25, 0.3) is 0 Å². The first kappa shape index (κ1) is 39.1. The van der Waals surface area contributed by atoms with Crippen LogP contribution in [0.3, 0.4) is 0 Å². The number of aliphatic hydroxyl groups is 2. The quantitative estimate of drug-likeness (QED) is 0.0435. The molecular weight excluding hydrogens is 618 g/mol. The number of nitrogens with two attached hydrogens (primary N) is 2. The number of aliphatic carboxylic acids is 1. The predicted molar refractivity (Wildman–Crippen MR) is 168 cm³/mol. The Hall–Kier alpha value is -4.03. The second-order valence-corrected chi connectivity index (χ2v) is 12.5. The molecule has 2 aliphatic rings. The molecule has 2 aliphatic heterocycles.